The summed E-state index contributed by atoms with van der Waals surface area (Å²) in [6.45, 7) is 3.88. The van der Waals surface area contributed by atoms with Crippen LogP contribution in [0.25, 0.3) is 10.8 Å². The van der Waals surface area contributed by atoms with Crippen LogP contribution < -0.4 is 0 Å². The molecule has 0 N–H and O–H groups in total. The summed E-state index contributed by atoms with van der Waals surface area (Å²) in [5.41, 5.74) is 1.18. The Kier molecular flexibility index (Phi) is 4.49. The summed E-state index contributed by atoms with van der Waals surface area (Å²) in [6, 6.07) is 14.3. The molecule has 2 aromatic carbocycles. The molecule has 2 aromatic rings. The summed E-state index contributed by atoms with van der Waals surface area (Å²) in [5, 5.41) is 2.40. The predicted molar refractivity (Wildman–Crippen MR) is 103 cm³/mol. The van der Waals surface area contributed by atoms with Crippen LogP contribution in [0.3, 0.4) is 0 Å². The summed E-state index contributed by atoms with van der Waals surface area (Å²) in [4.78, 5) is 16.3. The lowest BCUT2D eigenvalue weighted by molar-refractivity contribution is -0.136. The van der Waals surface area contributed by atoms with Gasteiger partial charge in [0, 0.05) is 32.1 Å². The van der Waals surface area contributed by atoms with Gasteiger partial charge in [-0.25, -0.2) is 8.42 Å². The quantitative estimate of drug-likeness (QED) is 0.828. The molecule has 2 heterocycles. The highest BCUT2D eigenvalue weighted by Gasteiger charge is 2.47. The van der Waals surface area contributed by atoms with Gasteiger partial charge in [-0.05, 0) is 22.4 Å². The van der Waals surface area contributed by atoms with Crippen molar-refractivity contribution in [2.75, 3.05) is 24.6 Å². The third-order valence-electron chi connectivity index (χ3n) is 5.61. The van der Waals surface area contributed by atoms with Gasteiger partial charge in [0.2, 0.25) is 5.91 Å². The summed E-state index contributed by atoms with van der Waals surface area (Å²) in [7, 11) is -3.10. The number of hydrogen-bond acceptors (Lipinski definition) is 4. The summed E-state index contributed by atoms with van der Waals surface area (Å²) >= 11 is 0. The fourth-order valence-electron chi connectivity index (χ4n) is 4.31. The minimum absolute atomic E-state index is 0.0578. The highest BCUT2D eigenvalue weighted by molar-refractivity contribution is 7.91. The summed E-state index contributed by atoms with van der Waals surface area (Å²) in [6.07, 6.45) is 0.425. The maximum Gasteiger partial charge on any atom is 0.222 e. The molecule has 2 atom stereocenters. The van der Waals surface area contributed by atoms with Crippen molar-refractivity contribution in [1.29, 1.82) is 0 Å². The molecule has 5 nitrogen and oxygen atoms in total. The molecule has 26 heavy (non-hydrogen) atoms. The van der Waals surface area contributed by atoms with E-state index in [1.54, 1.807) is 4.90 Å². The van der Waals surface area contributed by atoms with Gasteiger partial charge in [0.05, 0.1) is 17.5 Å². The lowest BCUT2D eigenvalue weighted by Crippen LogP contribution is -2.60. The Morgan fingerprint density at radius 3 is 2.54 bits per heavy atom. The molecule has 0 aromatic heterocycles. The largest absolute Gasteiger partial charge is 0.336 e. The molecule has 0 spiro atoms. The van der Waals surface area contributed by atoms with Crippen molar-refractivity contribution < 1.29 is 13.2 Å². The van der Waals surface area contributed by atoms with Crippen molar-refractivity contribution in [3.63, 3.8) is 0 Å². The van der Waals surface area contributed by atoms with E-state index < -0.39 is 9.84 Å². The maximum atomic E-state index is 12.3. The van der Waals surface area contributed by atoms with Gasteiger partial charge in [-0.15, -0.1) is 0 Å². The number of hydrogen-bond donors (Lipinski definition) is 0. The Labute approximate surface area is 154 Å². The van der Waals surface area contributed by atoms with Crippen LogP contribution in [-0.2, 0) is 21.2 Å². The molecule has 4 rings (SSSR count). The number of rotatable bonds is 3. The number of benzene rings is 2. The zero-order valence-corrected chi connectivity index (χ0v) is 15.8. The Bertz CT molecular complexity index is 941. The van der Waals surface area contributed by atoms with Crippen molar-refractivity contribution in [1.82, 2.24) is 9.80 Å². The normalized spacial score (nSPS) is 25.3. The first-order chi connectivity index (χ1) is 12.5. The fraction of sp³-hybridized carbons (Fsp3) is 0.450. The maximum absolute atomic E-state index is 12.3. The molecular formula is C20H24N2O3S. The lowest BCUT2D eigenvalue weighted by atomic mass is 10.0. The molecule has 6 heteroatoms. The lowest BCUT2D eigenvalue weighted by Gasteiger charge is -2.44. The average molecular weight is 372 g/mol. The number of carbonyl (C=O) groups excluding carboxylic acids is 1. The Hall–Kier alpha value is -1.92. The molecule has 2 aliphatic rings. The third kappa shape index (κ3) is 3.23. The zero-order chi connectivity index (χ0) is 18.3. The van der Waals surface area contributed by atoms with E-state index in [2.05, 4.69) is 35.2 Å². The number of amides is 1. The van der Waals surface area contributed by atoms with Crippen molar-refractivity contribution >= 4 is 26.5 Å². The molecule has 1 amide bonds. The van der Waals surface area contributed by atoms with Gasteiger partial charge < -0.3 is 4.90 Å². The second-order valence-electron chi connectivity index (χ2n) is 7.30. The van der Waals surface area contributed by atoms with Gasteiger partial charge in [0.1, 0.15) is 0 Å². The fourth-order valence-corrected chi connectivity index (χ4v) is 6.32. The van der Waals surface area contributed by atoms with E-state index in [0.717, 1.165) is 13.1 Å². The van der Waals surface area contributed by atoms with Crippen LogP contribution in [0.15, 0.2) is 42.5 Å². The van der Waals surface area contributed by atoms with Crippen molar-refractivity contribution in [2.24, 2.45) is 0 Å². The van der Waals surface area contributed by atoms with E-state index in [-0.39, 0.29) is 29.5 Å². The second-order valence-corrected chi connectivity index (χ2v) is 9.46. The monoisotopic (exact) mass is 372 g/mol. The number of sulfone groups is 1. The van der Waals surface area contributed by atoms with Gasteiger partial charge in [0.15, 0.2) is 9.84 Å². The van der Waals surface area contributed by atoms with Gasteiger partial charge in [-0.3, -0.25) is 9.69 Å². The average Bonchev–Trinajstić information content (AvgIpc) is 2.96. The van der Waals surface area contributed by atoms with Crippen LogP contribution in [-0.4, -0.2) is 60.8 Å². The zero-order valence-electron chi connectivity index (χ0n) is 15.0. The standard InChI is InChI=1S/C20H24N2O3S/c1-2-20(23)22-10-9-21(18-13-26(24,25)14-19(18)22)12-15-7-8-16-5-3-4-6-17(16)11-15/h3-8,11,18-19H,2,9-10,12-14H2,1H3/t18-,19+/m0/s1. The van der Waals surface area contributed by atoms with Crippen molar-refractivity contribution in [3.8, 4) is 0 Å². The van der Waals surface area contributed by atoms with Gasteiger partial charge in [-0.2, -0.15) is 0 Å². The van der Waals surface area contributed by atoms with E-state index >= 15 is 0 Å². The molecule has 2 saturated heterocycles. The van der Waals surface area contributed by atoms with Crippen molar-refractivity contribution in [2.45, 2.75) is 32.0 Å². The molecule has 2 fully saturated rings. The summed E-state index contributed by atoms with van der Waals surface area (Å²) < 4.78 is 24.5. The Morgan fingerprint density at radius 2 is 1.77 bits per heavy atom. The second kappa shape index (κ2) is 6.67. The Morgan fingerprint density at radius 1 is 1.04 bits per heavy atom. The van der Waals surface area contributed by atoms with Crippen LogP contribution in [0.2, 0.25) is 0 Å². The van der Waals surface area contributed by atoms with Crippen LogP contribution in [0, 0.1) is 0 Å². The van der Waals surface area contributed by atoms with E-state index in [9.17, 15) is 13.2 Å². The smallest absolute Gasteiger partial charge is 0.222 e. The van der Waals surface area contributed by atoms with Crippen LogP contribution >= 0.6 is 0 Å². The minimum atomic E-state index is -3.10. The van der Waals surface area contributed by atoms with E-state index in [1.165, 1.54) is 16.3 Å². The number of carbonyl (C=O) groups is 1. The highest BCUT2D eigenvalue weighted by Crippen LogP contribution is 2.29. The number of nitrogens with zero attached hydrogens (tertiary/aromatic N) is 2. The van der Waals surface area contributed by atoms with Crippen LogP contribution in [0.5, 0.6) is 0 Å². The van der Waals surface area contributed by atoms with Crippen molar-refractivity contribution in [3.05, 3.63) is 48.0 Å². The SMILES string of the molecule is CCC(=O)N1CCN(Cc2ccc3ccccc3c2)[C@H]2CS(=O)(=O)C[C@H]21. The minimum Gasteiger partial charge on any atom is -0.336 e. The van der Waals surface area contributed by atoms with E-state index in [1.807, 2.05) is 19.1 Å². The van der Waals surface area contributed by atoms with E-state index in [0.29, 0.717) is 13.0 Å². The topological polar surface area (TPSA) is 57.7 Å². The van der Waals surface area contributed by atoms with Gasteiger partial charge >= 0.3 is 0 Å². The first-order valence-corrected chi connectivity index (χ1v) is 11.0. The molecule has 0 radical (unpaired) electrons. The molecule has 0 saturated carbocycles. The number of fused-ring (bicyclic) bond motifs is 2. The molecule has 2 aliphatic heterocycles. The molecular weight excluding hydrogens is 348 g/mol. The first kappa shape index (κ1) is 17.5. The van der Waals surface area contributed by atoms with E-state index in [4.69, 9.17) is 0 Å². The molecule has 0 bridgehead atoms. The predicted octanol–water partition coefficient (Wildman–Crippen LogP) is 2.06. The highest BCUT2D eigenvalue weighted by atomic mass is 32.2. The van der Waals surface area contributed by atoms with Gasteiger partial charge in [-0.1, -0.05) is 43.3 Å². The molecule has 0 aliphatic carbocycles. The molecule has 138 valence electrons. The summed E-state index contributed by atoms with van der Waals surface area (Å²) in [5.74, 6) is 0.304. The third-order valence-corrected chi connectivity index (χ3v) is 7.31. The van der Waals surface area contributed by atoms with Crippen LogP contribution in [0.4, 0.5) is 0 Å². The molecule has 0 unspecified atom stereocenters. The van der Waals surface area contributed by atoms with Crippen LogP contribution in [0.1, 0.15) is 18.9 Å². The first-order valence-electron chi connectivity index (χ1n) is 9.18. The number of piperazine rings is 1. The van der Waals surface area contributed by atoms with Gasteiger partial charge in [0.25, 0.3) is 0 Å². The Balaban J connectivity index is 1.59.